The highest BCUT2D eigenvalue weighted by molar-refractivity contribution is 5.94. The number of anilines is 1. The maximum atomic E-state index is 14.3. The number of piperazine rings is 1. The lowest BCUT2D eigenvalue weighted by Gasteiger charge is -2.40. The monoisotopic (exact) mass is 483 g/mol. The van der Waals surface area contributed by atoms with E-state index in [-0.39, 0.29) is 25.2 Å². The number of halogens is 3. The molecule has 2 aliphatic heterocycles. The number of benzene rings is 3. The Morgan fingerprint density at radius 1 is 0.857 bits per heavy atom. The first kappa shape index (κ1) is 23.0. The predicted octanol–water partition coefficient (Wildman–Crippen LogP) is 4.13. The molecule has 3 aromatic carbocycles. The summed E-state index contributed by atoms with van der Waals surface area (Å²) < 4.78 is 53.4. The summed E-state index contributed by atoms with van der Waals surface area (Å²) in [5.41, 5.74) is 0.805. The second-order valence-corrected chi connectivity index (χ2v) is 8.41. The molecule has 35 heavy (non-hydrogen) atoms. The Balaban J connectivity index is 1.35. The molecule has 5 rings (SSSR count). The van der Waals surface area contributed by atoms with Gasteiger partial charge in [-0.3, -0.25) is 9.69 Å². The Labute approximate surface area is 200 Å². The second kappa shape index (κ2) is 9.87. The van der Waals surface area contributed by atoms with Gasteiger partial charge in [-0.2, -0.15) is 0 Å². The van der Waals surface area contributed by atoms with Crippen LogP contribution in [0.3, 0.4) is 0 Å². The molecule has 3 aromatic rings. The number of rotatable bonds is 6. The summed E-state index contributed by atoms with van der Waals surface area (Å²) in [6, 6.07) is 15.2. The van der Waals surface area contributed by atoms with Gasteiger partial charge < -0.3 is 19.7 Å². The zero-order chi connectivity index (χ0) is 24.4. The van der Waals surface area contributed by atoms with Crippen LogP contribution < -0.4 is 19.7 Å². The SMILES string of the molecule is O=C(NC[C@H](c1ccc2c(c1)OCO2)N1CCN(c2ccccc2F)CC1)c1c(F)cccc1F. The van der Waals surface area contributed by atoms with Crippen LogP contribution in [0.5, 0.6) is 11.5 Å². The van der Waals surface area contributed by atoms with Gasteiger partial charge in [0, 0.05) is 32.7 Å². The van der Waals surface area contributed by atoms with E-state index < -0.39 is 23.1 Å². The lowest BCUT2D eigenvalue weighted by molar-refractivity contribution is 0.0921. The Kier molecular flexibility index (Phi) is 6.50. The van der Waals surface area contributed by atoms with Crippen molar-refractivity contribution in [3.63, 3.8) is 0 Å². The highest BCUT2D eigenvalue weighted by atomic mass is 19.1. The third-order valence-corrected chi connectivity index (χ3v) is 6.38. The average Bonchev–Trinajstić information content (AvgIpc) is 3.33. The van der Waals surface area contributed by atoms with E-state index >= 15 is 0 Å². The van der Waals surface area contributed by atoms with Crippen LogP contribution in [0.2, 0.25) is 0 Å². The maximum absolute atomic E-state index is 14.3. The van der Waals surface area contributed by atoms with E-state index in [1.54, 1.807) is 24.3 Å². The Hall–Kier alpha value is -3.72. The van der Waals surface area contributed by atoms with Gasteiger partial charge in [0.05, 0.1) is 11.7 Å². The molecule has 1 fully saturated rings. The summed E-state index contributed by atoms with van der Waals surface area (Å²) in [5.74, 6) is -1.69. The molecule has 2 aliphatic rings. The molecule has 2 heterocycles. The first-order chi connectivity index (χ1) is 17.0. The van der Waals surface area contributed by atoms with Crippen molar-refractivity contribution in [3.05, 3.63) is 89.2 Å². The number of nitrogens with zero attached hydrogens (tertiary/aromatic N) is 2. The van der Waals surface area contributed by atoms with Crippen molar-refractivity contribution in [1.82, 2.24) is 10.2 Å². The molecule has 1 N–H and O–H groups in total. The molecule has 0 aromatic heterocycles. The topological polar surface area (TPSA) is 54.0 Å². The number of amides is 1. The van der Waals surface area contributed by atoms with Crippen molar-refractivity contribution in [3.8, 4) is 11.5 Å². The van der Waals surface area contributed by atoms with Crippen LogP contribution >= 0.6 is 0 Å². The number of hydrogen-bond donors (Lipinski definition) is 1. The summed E-state index contributed by atoms with van der Waals surface area (Å²) in [4.78, 5) is 16.8. The molecule has 0 aliphatic carbocycles. The zero-order valence-electron chi connectivity index (χ0n) is 18.8. The van der Waals surface area contributed by atoms with E-state index in [9.17, 15) is 18.0 Å². The maximum Gasteiger partial charge on any atom is 0.257 e. The molecule has 9 heteroatoms. The van der Waals surface area contributed by atoms with E-state index in [0.717, 1.165) is 17.7 Å². The number of nitrogens with one attached hydrogen (secondary N) is 1. The van der Waals surface area contributed by atoms with Crippen LogP contribution in [0, 0.1) is 17.5 Å². The van der Waals surface area contributed by atoms with Gasteiger partial charge in [-0.15, -0.1) is 0 Å². The van der Waals surface area contributed by atoms with E-state index in [0.29, 0.717) is 43.4 Å². The smallest absolute Gasteiger partial charge is 0.257 e. The van der Waals surface area contributed by atoms with Gasteiger partial charge in [-0.1, -0.05) is 24.3 Å². The number of fused-ring (bicyclic) bond motifs is 1. The molecule has 0 saturated carbocycles. The molecule has 182 valence electrons. The number of ether oxygens (including phenoxy) is 2. The third-order valence-electron chi connectivity index (χ3n) is 6.38. The average molecular weight is 483 g/mol. The predicted molar refractivity (Wildman–Crippen MR) is 124 cm³/mol. The molecule has 1 atom stereocenters. The van der Waals surface area contributed by atoms with Crippen LogP contribution in [0.4, 0.5) is 18.9 Å². The number of carbonyl (C=O) groups is 1. The van der Waals surface area contributed by atoms with Gasteiger partial charge >= 0.3 is 0 Å². The Morgan fingerprint density at radius 2 is 1.54 bits per heavy atom. The van der Waals surface area contributed by atoms with Gasteiger partial charge in [0.1, 0.15) is 23.0 Å². The van der Waals surface area contributed by atoms with Crippen molar-refractivity contribution < 1.29 is 27.4 Å². The fraction of sp³-hybridized carbons (Fsp3) is 0.269. The van der Waals surface area contributed by atoms with Crippen LogP contribution in [0.25, 0.3) is 0 Å². The summed E-state index contributed by atoms with van der Waals surface area (Å²) in [5, 5.41) is 2.69. The van der Waals surface area contributed by atoms with E-state index in [1.165, 1.54) is 12.1 Å². The minimum Gasteiger partial charge on any atom is -0.454 e. The van der Waals surface area contributed by atoms with Gasteiger partial charge in [-0.25, -0.2) is 13.2 Å². The van der Waals surface area contributed by atoms with Crippen LogP contribution in [-0.4, -0.2) is 50.3 Å². The molecule has 0 radical (unpaired) electrons. The molecule has 0 unspecified atom stereocenters. The molecule has 6 nitrogen and oxygen atoms in total. The highest BCUT2D eigenvalue weighted by Crippen LogP contribution is 2.36. The van der Waals surface area contributed by atoms with Crippen molar-refractivity contribution in [2.24, 2.45) is 0 Å². The molecule has 1 saturated heterocycles. The molecular weight excluding hydrogens is 459 g/mol. The van der Waals surface area contributed by atoms with Gasteiger partial charge in [0.15, 0.2) is 11.5 Å². The normalized spacial score (nSPS) is 16.3. The van der Waals surface area contributed by atoms with Crippen LogP contribution in [0.1, 0.15) is 22.0 Å². The molecule has 1 amide bonds. The minimum atomic E-state index is -0.916. The zero-order valence-corrected chi connectivity index (χ0v) is 18.8. The van der Waals surface area contributed by atoms with Gasteiger partial charge in [0.2, 0.25) is 6.79 Å². The third kappa shape index (κ3) is 4.77. The standard InChI is InChI=1S/C26H24F3N3O3/c27-18-4-1-2-7-21(18)31-10-12-32(13-11-31)22(17-8-9-23-24(14-17)35-16-34-23)15-30-26(33)25-19(28)5-3-6-20(25)29/h1-9,14,22H,10-13,15-16H2,(H,30,33)/t22-/m1/s1. The van der Waals surface area contributed by atoms with Crippen LogP contribution in [-0.2, 0) is 0 Å². The van der Waals surface area contributed by atoms with E-state index in [4.69, 9.17) is 9.47 Å². The first-order valence-corrected chi connectivity index (χ1v) is 11.4. The van der Waals surface area contributed by atoms with Crippen LogP contribution in [0.15, 0.2) is 60.7 Å². The number of carbonyl (C=O) groups excluding carboxylic acids is 1. The first-order valence-electron chi connectivity index (χ1n) is 11.4. The fourth-order valence-electron chi connectivity index (χ4n) is 4.55. The summed E-state index contributed by atoms with van der Waals surface area (Å²) in [7, 11) is 0. The van der Waals surface area contributed by atoms with Crippen molar-refractivity contribution in [2.45, 2.75) is 6.04 Å². The fourth-order valence-corrected chi connectivity index (χ4v) is 4.55. The van der Waals surface area contributed by atoms with E-state index in [1.807, 2.05) is 17.0 Å². The number of hydrogen-bond acceptors (Lipinski definition) is 5. The van der Waals surface area contributed by atoms with Crippen molar-refractivity contribution in [1.29, 1.82) is 0 Å². The highest BCUT2D eigenvalue weighted by Gasteiger charge is 2.29. The van der Waals surface area contributed by atoms with Crippen molar-refractivity contribution in [2.75, 3.05) is 44.4 Å². The largest absolute Gasteiger partial charge is 0.454 e. The molecular formula is C26H24F3N3O3. The summed E-state index contributed by atoms with van der Waals surface area (Å²) in [6.07, 6.45) is 0. The summed E-state index contributed by atoms with van der Waals surface area (Å²) in [6.45, 7) is 2.60. The minimum absolute atomic E-state index is 0.117. The lowest BCUT2D eigenvalue weighted by atomic mass is 10.0. The summed E-state index contributed by atoms with van der Waals surface area (Å²) >= 11 is 0. The lowest BCUT2D eigenvalue weighted by Crippen LogP contribution is -2.50. The Morgan fingerprint density at radius 3 is 2.29 bits per heavy atom. The molecule has 0 spiro atoms. The van der Waals surface area contributed by atoms with Gasteiger partial charge in [0.25, 0.3) is 5.91 Å². The van der Waals surface area contributed by atoms with Crippen molar-refractivity contribution >= 4 is 11.6 Å². The van der Waals surface area contributed by atoms with Gasteiger partial charge in [-0.05, 0) is 42.0 Å². The van der Waals surface area contributed by atoms with E-state index in [2.05, 4.69) is 10.2 Å². The quantitative estimate of drug-likeness (QED) is 0.572. The molecule has 0 bridgehead atoms. The second-order valence-electron chi connectivity index (χ2n) is 8.41. The Bertz CT molecular complexity index is 1210. The number of para-hydroxylation sites is 1.